The second-order valence-corrected chi connectivity index (χ2v) is 4.15. The van der Waals surface area contributed by atoms with Crippen molar-refractivity contribution in [1.29, 1.82) is 0 Å². The van der Waals surface area contributed by atoms with E-state index in [9.17, 15) is 8.78 Å². The Hall–Kier alpha value is -0.180. The standard InChI is InChI=1S/C9H17F2N.C2H6/c1-4-5-8(7-12(2)3)6-9(8,10)11;1-2/h4-7H2,1-3H3;1-2H3. The minimum Gasteiger partial charge on any atom is -0.309 e. The molecule has 0 aromatic heterocycles. The quantitative estimate of drug-likeness (QED) is 0.683. The normalized spacial score (nSPS) is 28.3. The molecular weight excluding hydrogens is 184 g/mol. The summed E-state index contributed by atoms with van der Waals surface area (Å²) in [7, 11) is 3.71. The van der Waals surface area contributed by atoms with Crippen molar-refractivity contribution in [2.75, 3.05) is 20.6 Å². The van der Waals surface area contributed by atoms with Crippen molar-refractivity contribution in [2.24, 2.45) is 5.41 Å². The van der Waals surface area contributed by atoms with Crippen LogP contribution in [0.3, 0.4) is 0 Å². The fraction of sp³-hybridized carbons (Fsp3) is 1.00. The van der Waals surface area contributed by atoms with Crippen molar-refractivity contribution in [3.05, 3.63) is 0 Å². The van der Waals surface area contributed by atoms with E-state index in [4.69, 9.17) is 0 Å². The zero-order valence-electron chi connectivity index (χ0n) is 10.0. The molecule has 1 fully saturated rings. The maximum Gasteiger partial charge on any atom is 0.255 e. The van der Waals surface area contributed by atoms with Gasteiger partial charge in [0.1, 0.15) is 0 Å². The molecule has 1 nitrogen and oxygen atoms in total. The Labute approximate surface area is 86.5 Å². The fourth-order valence-corrected chi connectivity index (χ4v) is 1.99. The second-order valence-electron chi connectivity index (χ2n) is 4.15. The average Bonchev–Trinajstić information content (AvgIpc) is 2.55. The first kappa shape index (κ1) is 13.8. The Morgan fingerprint density at radius 3 is 1.86 bits per heavy atom. The van der Waals surface area contributed by atoms with Crippen LogP contribution in [0.4, 0.5) is 8.78 Å². The van der Waals surface area contributed by atoms with Gasteiger partial charge in [0.25, 0.3) is 5.92 Å². The fourth-order valence-electron chi connectivity index (χ4n) is 1.99. The van der Waals surface area contributed by atoms with Crippen molar-refractivity contribution < 1.29 is 8.78 Å². The van der Waals surface area contributed by atoms with Gasteiger partial charge in [-0.2, -0.15) is 0 Å². The number of nitrogens with zero attached hydrogens (tertiary/aromatic N) is 1. The van der Waals surface area contributed by atoms with Crippen LogP contribution in [-0.4, -0.2) is 31.5 Å². The molecule has 0 N–H and O–H groups in total. The van der Waals surface area contributed by atoms with Crippen LogP contribution in [0.5, 0.6) is 0 Å². The van der Waals surface area contributed by atoms with E-state index >= 15 is 0 Å². The van der Waals surface area contributed by atoms with Crippen LogP contribution in [0.15, 0.2) is 0 Å². The van der Waals surface area contributed by atoms with E-state index in [0.717, 1.165) is 6.42 Å². The number of halogens is 2. The molecule has 0 bridgehead atoms. The Bertz CT molecular complexity index is 169. The molecule has 0 aliphatic heterocycles. The summed E-state index contributed by atoms with van der Waals surface area (Å²) >= 11 is 0. The molecule has 0 aromatic rings. The van der Waals surface area contributed by atoms with Crippen molar-refractivity contribution in [1.82, 2.24) is 4.90 Å². The molecule has 1 rings (SSSR count). The zero-order valence-corrected chi connectivity index (χ0v) is 10.0. The van der Waals surface area contributed by atoms with Gasteiger partial charge >= 0.3 is 0 Å². The monoisotopic (exact) mass is 207 g/mol. The third-order valence-corrected chi connectivity index (χ3v) is 2.56. The highest BCUT2D eigenvalue weighted by Gasteiger charge is 2.69. The smallest absolute Gasteiger partial charge is 0.255 e. The maximum atomic E-state index is 13.0. The lowest BCUT2D eigenvalue weighted by Gasteiger charge is -2.19. The Balaban J connectivity index is 0.000000791. The summed E-state index contributed by atoms with van der Waals surface area (Å²) in [5.74, 6) is -2.40. The first-order valence-electron chi connectivity index (χ1n) is 5.46. The van der Waals surface area contributed by atoms with Gasteiger partial charge in [0.2, 0.25) is 0 Å². The predicted octanol–water partition coefficient (Wildman–Crippen LogP) is 3.40. The van der Waals surface area contributed by atoms with E-state index in [1.165, 1.54) is 0 Å². The van der Waals surface area contributed by atoms with Gasteiger partial charge in [0.05, 0.1) is 5.41 Å². The molecule has 1 aliphatic carbocycles. The SMILES string of the molecule is CC.CCCC1(CN(C)C)CC1(F)F. The Morgan fingerprint density at radius 1 is 1.21 bits per heavy atom. The van der Waals surface area contributed by atoms with Gasteiger partial charge in [-0.25, -0.2) is 8.78 Å². The van der Waals surface area contributed by atoms with E-state index in [1.807, 2.05) is 39.8 Å². The number of rotatable bonds is 4. The van der Waals surface area contributed by atoms with E-state index in [-0.39, 0.29) is 6.42 Å². The molecule has 0 saturated heterocycles. The number of hydrogen-bond donors (Lipinski definition) is 0. The van der Waals surface area contributed by atoms with E-state index in [1.54, 1.807) is 0 Å². The highest BCUT2D eigenvalue weighted by Crippen LogP contribution is 2.63. The first-order chi connectivity index (χ1) is 6.43. The molecule has 3 heteroatoms. The highest BCUT2D eigenvalue weighted by atomic mass is 19.3. The van der Waals surface area contributed by atoms with Gasteiger partial charge in [0, 0.05) is 13.0 Å². The summed E-state index contributed by atoms with van der Waals surface area (Å²) in [6.45, 7) is 6.49. The van der Waals surface area contributed by atoms with Crippen LogP contribution in [0.25, 0.3) is 0 Å². The van der Waals surface area contributed by atoms with Crippen molar-refractivity contribution >= 4 is 0 Å². The molecule has 1 atom stereocenters. The minimum absolute atomic E-state index is 0.0893. The molecule has 0 aromatic carbocycles. The Kier molecular flexibility index (Phi) is 4.99. The van der Waals surface area contributed by atoms with Crippen LogP contribution < -0.4 is 0 Å². The summed E-state index contributed by atoms with van der Waals surface area (Å²) in [5, 5.41) is 0. The summed E-state index contributed by atoms with van der Waals surface area (Å²) in [6, 6.07) is 0. The zero-order chi connectivity index (χ0) is 11.4. The van der Waals surface area contributed by atoms with Gasteiger partial charge in [-0.1, -0.05) is 27.2 Å². The first-order valence-corrected chi connectivity index (χ1v) is 5.46. The molecule has 86 valence electrons. The van der Waals surface area contributed by atoms with Crippen molar-refractivity contribution in [3.8, 4) is 0 Å². The molecule has 0 amide bonds. The second kappa shape index (κ2) is 5.06. The topological polar surface area (TPSA) is 3.24 Å². The van der Waals surface area contributed by atoms with E-state index < -0.39 is 11.3 Å². The minimum atomic E-state index is -2.40. The predicted molar refractivity (Wildman–Crippen MR) is 56.8 cm³/mol. The largest absolute Gasteiger partial charge is 0.309 e. The highest BCUT2D eigenvalue weighted by molar-refractivity contribution is 5.10. The van der Waals surface area contributed by atoms with Crippen LogP contribution in [0.1, 0.15) is 40.0 Å². The van der Waals surface area contributed by atoms with Crippen molar-refractivity contribution in [3.63, 3.8) is 0 Å². The summed E-state index contributed by atoms with van der Waals surface area (Å²) < 4.78 is 25.9. The molecule has 14 heavy (non-hydrogen) atoms. The van der Waals surface area contributed by atoms with Gasteiger partial charge in [0.15, 0.2) is 0 Å². The lowest BCUT2D eigenvalue weighted by molar-refractivity contribution is 0.0487. The van der Waals surface area contributed by atoms with E-state index in [0.29, 0.717) is 13.0 Å². The van der Waals surface area contributed by atoms with Crippen LogP contribution >= 0.6 is 0 Å². The van der Waals surface area contributed by atoms with Gasteiger partial charge in [-0.15, -0.1) is 0 Å². The van der Waals surface area contributed by atoms with Gasteiger partial charge < -0.3 is 4.90 Å². The molecule has 0 spiro atoms. The Morgan fingerprint density at radius 2 is 1.64 bits per heavy atom. The van der Waals surface area contributed by atoms with Crippen molar-refractivity contribution in [2.45, 2.75) is 46.0 Å². The molecule has 0 heterocycles. The van der Waals surface area contributed by atoms with Crippen LogP contribution in [0.2, 0.25) is 0 Å². The lowest BCUT2D eigenvalue weighted by atomic mass is 9.99. The summed E-state index contributed by atoms with van der Waals surface area (Å²) in [5.41, 5.74) is -0.689. The summed E-state index contributed by atoms with van der Waals surface area (Å²) in [4.78, 5) is 1.86. The molecule has 1 aliphatic rings. The molecular formula is C11H23F2N. The third-order valence-electron chi connectivity index (χ3n) is 2.56. The number of alkyl halides is 2. The molecule has 0 radical (unpaired) electrons. The molecule has 1 saturated carbocycles. The van der Waals surface area contributed by atoms with Gasteiger partial charge in [-0.05, 0) is 20.5 Å². The third kappa shape index (κ3) is 2.91. The summed E-state index contributed by atoms with van der Waals surface area (Å²) in [6.07, 6.45) is 1.59. The molecule has 1 unspecified atom stereocenters. The van der Waals surface area contributed by atoms with Crippen LogP contribution in [-0.2, 0) is 0 Å². The lowest BCUT2D eigenvalue weighted by Crippen LogP contribution is -2.27. The number of hydrogen-bond acceptors (Lipinski definition) is 1. The average molecular weight is 207 g/mol. The maximum absolute atomic E-state index is 13.0. The van der Waals surface area contributed by atoms with E-state index in [2.05, 4.69) is 0 Å². The van der Waals surface area contributed by atoms with Gasteiger partial charge in [-0.3, -0.25) is 0 Å². The van der Waals surface area contributed by atoms with Crippen LogP contribution in [0, 0.1) is 5.41 Å².